The smallest absolute Gasteiger partial charge is 0.251 e. The molecule has 0 saturated carbocycles. The van der Waals surface area contributed by atoms with E-state index in [1.807, 2.05) is 31.2 Å². The number of benzene rings is 2. The minimum Gasteiger partial charge on any atom is -0.441 e. The second kappa shape index (κ2) is 8.31. The summed E-state index contributed by atoms with van der Waals surface area (Å²) < 4.78 is 5.73. The van der Waals surface area contributed by atoms with Gasteiger partial charge in [-0.3, -0.25) is 9.59 Å². The molecule has 0 bridgehead atoms. The second-order valence-corrected chi connectivity index (χ2v) is 6.19. The number of aromatic nitrogens is 1. The van der Waals surface area contributed by atoms with Crippen molar-refractivity contribution >= 4 is 17.5 Å². The number of hydrogen-bond donors (Lipinski definition) is 2. The van der Waals surface area contributed by atoms with Gasteiger partial charge in [-0.05, 0) is 25.1 Å². The van der Waals surface area contributed by atoms with Crippen LogP contribution in [0.15, 0.2) is 59.1 Å². The van der Waals surface area contributed by atoms with Crippen molar-refractivity contribution < 1.29 is 14.0 Å². The number of carbonyl (C=O) groups excluding carboxylic acids is 2. The van der Waals surface area contributed by atoms with Crippen LogP contribution >= 0.6 is 0 Å². The molecule has 3 aromatic rings. The molecule has 0 unspecified atom stereocenters. The minimum absolute atomic E-state index is 0.167. The number of carbonyl (C=O) groups is 2. The molecule has 0 atom stereocenters. The largest absolute Gasteiger partial charge is 0.441 e. The molecule has 0 fully saturated rings. The van der Waals surface area contributed by atoms with Crippen molar-refractivity contribution in [3.05, 3.63) is 71.7 Å². The highest BCUT2D eigenvalue weighted by molar-refractivity contribution is 5.97. The van der Waals surface area contributed by atoms with Gasteiger partial charge in [0.15, 0.2) is 11.7 Å². The summed E-state index contributed by atoms with van der Waals surface area (Å²) >= 11 is 0. The summed E-state index contributed by atoms with van der Waals surface area (Å²) in [5.74, 6) is 0.831. The van der Waals surface area contributed by atoms with Crippen LogP contribution in [0.5, 0.6) is 0 Å². The molecule has 6 nitrogen and oxygen atoms in total. The number of aryl methyl sites for hydroxylation is 2. The minimum atomic E-state index is -0.200. The molecule has 0 radical (unpaired) electrons. The number of oxazole rings is 1. The number of nitrogens with zero attached hydrogens (tertiary/aromatic N) is 1. The maximum atomic E-state index is 12.2. The highest BCUT2D eigenvalue weighted by atomic mass is 16.4. The van der Waals surface area contributed by atoms with Gasteiger partial charge in [-0.15, -0.1) is 0 Å². The molecular formula is C21H21N3O3. The maximum Gasteiger partial charge on any atom is 0.251 e. The lowest BCUT2D eigenvalue weighted by Gasteiger charge is -2.06. The third kappa shape index (κ3) is 4.82. The summed E-state index contributed by atoms with van der Waals surface area (Å²) in [4.78, 5) is 28.1. The molecule has 6 heteroatoms. The summed E-state index contributed by atoms with van der Waals surface area (Å²) in [5.41, 5.74) is 3.20. The lowest BCUT2D eigenvalue weighted by Crippen LogP contribution is -2.18. The molecule has 0 aliphatic heterocycles. The summed E-state index contributed by atoms with van der Waals surface area (Å²) in [6, 6.07) is 14.8. The molecule has 1 heterocycles. The zero-order chi connectivity index (χ0) is 19.2. The summed E-state index contributed by atoms with van der Waals surface area (Å²) in [5, 5.41) is 5.34. The average Bonchev–Trinajstić information content (AvgIpc) is 3.15. The molecule has 0 spiro atoms. The highest BCUT2D eigenvalue weighted by Gasteiger charge is 2.10. The van der Waals surface area contributed by atoms with E-state index in [9.17, 15) is 9.59 Å². The molecular weight excluding hydrogens is 342 g/mol. The third-order valence-corrected chi connectivity index (χ3v) is 4.09. The topological polar surface area (TPSA) is 84.2 Å². The van der Waals surface area contributed by atoms with E-state index in [1.54, 1.807) is 37.5 Å². The van der Waals surface area contributed by atoms with Crippen molar-refractivity contribution in [3.8, 4) is 11.3 Å². The summed E-state index contributed by atoms with van der Waals surface area (Å²) in [6.07, 6.45) is 2.30. The van der Waals surface area contributed by atoms with Gasteiger partial charge >= 0.3 is 0 Å². The molecule has 2 amide bonds. The van der Waals surface area contributed by atoms with Gasteiger partial charge < -0.3 is 15.1 Å². The Kier molecular flexibility index (Phi) is 5.66. The van der Waals surface area contributed by atoms with Gasteiger partial charge in [0.05, 0.1) is 6.20 Å². The van der Waals surface area contributed by atoms with Gasteiger partial charge in [-0.1, -0.05) is 35.9 Å². The number of amides is 2. The van der Waals surface area contributed by atoms with E-state index >= 15 is 0 Å². The zero-order valence-electron chi connectivity index (χ0n) is 15.3. The first-order valence-electron chi connectivity index (χ1n) is 8.69. The van der Waals surface area contributed by atoms with Gasteiger partial charge in [0, 0.05) is 36.7 Å². The molecule has 27 heavy (non-hydrogen) atoms. The molecule has 138 valence electrons. The van der Waals surface area contributed by atoms with Crippen molar-refractivity contribution in [2.75, 3.05) is 12.4 Å². The fourth-order valence-corrected chi connectivity index (χ4v) is 2.60. The molecule has 1 aromatic heterocycles. The van der Waals surface area contributed by atoms with Crippen LogP contribution in [0.4, 0.5) is 5.69 Å². The third-order valence-electron chi connectivity index (χ3n) is 4.09. The van der Waals surface area contributed by atoms with Crippen LogP contribution in [0.2, 0.25) is 0 Å². The SMILES string of the molecule is CNC(=O)c1cccc(NC(=O)CCc2ncc(-c3ccc(C)cc3)o2)c1. The summed E-state index contributed by atoms with van der Waals surface area (Å²) in [7, 11) is 1.56. The Morgan fingerprint density at radius 3 is 2.63 bits per heavy atom. The monoisotopic (exact) mass is 363 g/mol. The standard InChI is InChI=1S/C21H21N3O3/c1-14-6-8-15(9-7-14)18-13-23-20(27-18)11-10-19(25)24-17-5-3-4-16(12-17)21(26)22-2/h3-9,12-13H,10-11H2,1-2H3,(H,22,26)(H,24,25). The van der Waals surface area contributed by atoms with Crippen LogP contribution in [0.1, 0.15) is 28.2 Å². The van der Waals surface area contributed by atoms with Crippen molar-refractivity contribution in [1.29, 1.82) is 0 Å². The van der Waals surface area contributed by atoms with Gasteiger partial charge in [0.25, 0.3) is 5.91 Å². The molecule has 0 saturated heterocycles. The fourth-order valence-electron chi connectivity index (χ4n) is 2.60. The van der Waals surface area contributed by atoms with E-state index < -0.39 is 0 Å². The van der Waals surface area contributed by atoms with Crippen LogP contribution < -0.4 is 10.6 Å². The number of nitrogens with one attached hydrogen (secondary N) is 2. The highest BCUT2D eigenvalue weighted by Crippen LogP contribution is 2.21. The average molecular weight is 363 g/mol. The number of anilines is 1. The first-order valence-corrected chi connectivity index (χ1v) is 8.69. The van der Waals surface area contributed by atoms with E-state index in [-0.39, 0.29) is 18.2 Å². The number of rotatable bonds is 6. The lowest BCUT2D eigenvalue weighted by atomic mass is 10.1. The Balaban J connectivity index is 1.57. The van der Waals surface area contributed by atoms with Crippen LogP contribution in [-0.2, 0) is 11.2 Å². The normalized spacial score (nSPS) is 10.4. The molecule has 3 rings (SSSR count). The van der Waals surface area contributed by atoms with Gasteiger partial charge in [-0.25, -0.2) is 4.98 Å². The van der Waals surface area contributed by atoms with Crippen molar-refractivity contribution in [2.45, 2.75) is 19.8 Å². The number of hydrogen-bond acceptors (Lipinski definition) is 4. The predicted octanol–water partition coefficient (Wildman–Crippen LogP) is 3.58. The first kappa shape index (κ1) is 18.4. The van der Waals surface area contributed by atoms with Gasteiger partial charge in [0.2, 0.25) is 5.91 Å². The van der Waals surface area contributed by atoms with E-state index in [0.29, 0.717) is 29.3 Å². The second-order valence-electron chi connectivity index (χ2n) is 6.19. The van der Waals surface area contributed by atoms with Crippen LogP contribution in [0, 0.1) is 6.92 Å². The lowest BCUT2D eigenvalue weighted by molar-refractivity contribution is -0.116. The van der Waals surface area contributed by atoms with E-state index in [0.717, 1.165) is 5.56 Å². The predicted molar refractivity (Wildman–Crippen MR) is 103 cm³/mol. The van der Waals surface area contributed by atoms with Crippen molar-refractivity contribution in [3.63, 3.8) is 0 Å². The quantitative estimate of drug-likeness (QED) is 0.701. The Hall–Kier alpha value is -3.41. The van der Waals surface area contributed by atoms with Crippen LogP contribution in [-0.4, -0.2) is 23.8 Å². The molecule has 2 N–H and O–H groups in total. The molecule has 2 aromatic carbocycles. The van der Waals surface area contributed by atoms with Crippen LogP contribution in [0.25, 0.3) is 11.3 Å². The molecule has 0 aliphatic rings. The van der Waals surface area contributed by atoms with Crippen molar-refractivity contribution in [1.82, 2.24) is 10.3 Å². The maximum absolute atomic E-state index is 12.2. The van der Waals surface area contributed by atoms with Gasteiger partial charge in [-0.2, -0.15) is 0 Å². The van der Waals surface area contributed by atoms with Crippen molar-refractivity contribution in [2.24, 2.45) is 0 Å². The van der Waals surface area contributed by atoms with E-state index in [1.165, 1.54) is 5.56 Å². The summed E-state index contributed by atoms with van der Waals surface area (Å²) in [6.45, 7) is 2.03. The van der Waals surface area contributed by atoms with E-state index in [4.69, 9.17) is 4.42 Å². The Bertz CT molecular complexity index is 945. The molecule has 0 aliphatic carbocycles. The zero-order valence-corrected chi connectivity index (χ0v) is 15.3. The van der Waals surface area contributed by atoms with E-state index in [2.05, 4.69) is 15.6 Å². The fraction of sp³-hybridized carbons (Fsp3) is 0.190. The Morgan fingerprint density at radius 1 is 1.11 bits per heavy atom. The Morgan fingerprint density at radius 2 is 1.89 bits per heavy atom. The first-order chi connectivity index (χ1) is 13.0. The van der Waals surface area contributed by atoms with Crippen LogP contribution in [0.3, 0.4) is 0 Å². The van der Waals surface area contributed by atoms with Gasteiger partial charge in [0.1, 0.15) is 0 Å². The Labute approximate surface area is 157 Å².